The summed E-state index contributed by atoms with van der Waals surface area (Å²) < 4.78 is 0.379. The van der Waals surface area contributed by atoms with Crippen molar-refractivity contribution < 1.29 is 9.90 Å². The Morgan fingerprint density at radius 3 is 2.56 bits per heavy atom. The number of benzene rings is 1. The standard InChI is InChI=1S/C13H11BrN2O2/c1-2-8-3-5-9(6-4-8)12-15-7-10(14)11(16-12)13(17)18/h3-7H,2H2,1H3,(H,17,18). The lowest BCUT2D eigenvalue weighted by Gasteiger charge is -2.04. The first kappa shape index (κ1) is 12.7. The summed E-state index contributed by atoms with van der Waals surface area (Å²) in [4.78, 5) is 19.2. The van der Waals surface area contributed by atoms with Crippen LogP contribution in [0, 0.1) is 0 Å². The average Bonchev–Trinajstić information content (AvgIpc) is 2.39. The molecule has 0 spiro atoms. The number of carboxylic acid groups (broad SMARTS) is 1. The van der Waals surface area contributed by atoms with Gasteiger partial charge < -0.3 is 5.11 Å². The zero-order valence-corrected chi connectivity index (χ0v) is 11.3. The fraction of sp³-hybridized carbons (Fsp3) is 0.154. The highest BCUT2D eigenvalue weighted by Crippen LogP contribution is 2.20. The molecule has 0 saturated carbocycles. The normalized spacial score (nSPS) is 10.3. The van der Waals surface area contributed by atoms with E-state index in [1.165, 1.54) is 11.8 Å². The van der Waals surface area contributed by atoms with E-state index in [2.05, 4.69) is 32.8 Å². The predicted octanol–water partition coefficient (Wildman–Crippen LogP) is 3.17. The molecule has 0 aliphatic heterocycles. The molecule has 0 bridgehead atoms. The SMILES string of the molecule is CCc1ccc(-c2ncc(Br)c(C(=O)O)n2)cc1. The third-order valence-corrected chi connectivity index (χ3v) is 3.15. The van der Waals surface area contributed by atoms with Crippen molar-refractivity contribution >= 4 is 21.9 Å². The van der Waals surface area contributed by atoms with Crippen molar-refractivity contribution in [3.8, 4) is 11.4 Å². The number of nitrogens with zero attached hydrogens (tertiary/aromatic N) is 2. The summed E-state index contributed by atoms with van der Waals surface area (Å²) in [6.45, 7) is 2.08. The van der Waals surface area contributed by atoms with Crippen molar-refractivity contribution in [1.29, 1.82) is 0 Å². The summed E-state index contributed by atoms with van der Waals surface area (Å²) in [6.07, 6.45) is 2.42. The van der Waals surface area contributed by atoms with Gasteiger partial charge in [-0.2, -0.15) is 0 Å². The van der Waals surface area contributed by atoms with Crippen molar-refractivity contribution in [3.63, 3.8) is 0 Å². The van der Waals surface area contributed by atoms with Crippen LogP contribution in [-0.2, 0) is 6.42 Å². The molecule has 0 saturated heterocycles. The van der Waals surface area contributed by atoms with Crippen LogP contribution in [0.25, 0.3) is 11.4 Å². The minimum Gasteiger partial charge on any atom is -0.476 e. The average molecular weight is 307 g/mol. The van der Waals surface area contributed by atoms with Crippen LogP contribution in [0.3, 0.4) is 0 Å². The molecule has 1 N–H and O–H groups in total. The Kier molecular flexibility index (Phi) is 3.72. The molecular formula is C13H11BrN2O2. The molecule has 2 aromatic rings. The summed E-state index contributed by atoms with van der Waals surface area (Å²) >= 11 is 3.12. The number of aryl methyl sites for hydroxylation is 1. The molecule has 0 amide bonds. The van der Waals surface area contributed by atoms with Gasteiger partial charge in [0.1, 0.15) is 0 Å². The molecule has 0 fully saturated rings. The van der Waals surface area contributed by atoms with E-state index in [0.29, 0.717) is 10.3 Å². The highest BCUT2D eigenvalue weighted by molar-refractivity contribution is 9.10. The third-order valence-electron chi connectivity index (χ3n) is 2.57. The minimum atomic E-state index is -1.07. The molecule has 4 nitrogen and oxygen atoms in total. The number of aromatic nitrogens is 2. The maximum atomic E-state index is 11.0. The Morgan fingerprint density at radius 1 is 1.33 bits per heavy atom. The van der Waals surface area contributed by atoms with Gasteiger partial charge >= 0.3 is 5.97 Å². The van der Waals surface area contributed by atoms with Crippen LogP contribution in [0.2, 0.25) is 0 Å². The van der Waals surface area contributed by atoms with E-state index in [0.717, 1.165) is 12.0 Å². The van der Waals surface area contributed by atoms with Gasteiger partial charge in [-0.25, -0.2) is 14.8 Å². The van der Waals surface area contributed by atoms with Crippen molar-refractivity contribution in [2.24, 2.45) is 0 Å². The van der Waals surface area contributed by atoms with Gasteiger partial charge in [-0.15, -0.1) is 0 Å². The number of aromatic carboxylic acids is 1. The largest absolute Gasteiger partial charge is 0.476 e. The van der Waals surface area contributed by atoms with Crippen LogP contribution in [0.5, 0.6) is 0 Å². The van der Waals surface area contributed by atoms with Gasteiger partial charge in [0.05, 0.1) is 4.47 Å². The highest BCUT2D eigenvalue weighted by atomic mass is 79.9. The topological polar surface area (TPSA) is 63.1 Å². The van der Waals surface area contributed by atoms with Crippen molar-refractivity contribution in [2.45, 2.75) is 13.3 Å². The molecule has 5 heteroatoms. The molecule has 0 aliphatic carbocycles. The monoisotopic (exact) mass is 306 g/mol. The number of hydrogen-bond donors (Lipinski definition) is 1. The van der Waals surface area contributed by atoms with Gasteiger partial charge in [0.2, 0.25) is 0 Å². The first-order valence-corrected chi connectivity index (χ1v) is 6.26. The van der Waals surface area contributed by atoms with Crippen LogP contribution >= 0.6 is 15.9 Å². The van der Waals surface area contributed by atoms with E-state index in [1.807, 2.05) is 24.3 Å². The lowest BCUT2D eigenvalue weighted by Crippen LogP contribution is -2.04. The number of hydrogen-bond acceptors (Lipinski definition) is 3. The molecule has 2 rings (SSSR count). The molecule has 1 aromatic carbocycles. The quantitative estimate of drug-likeness (QED) is 0.946. The summed E-state index contributed by atoms with van der Waals surface area (Å²) in [7, 11) is 0. The predicted molar refractivity (Wildman–Crippen MR) is 71.5 cm³/mol. The van der Waals surface area contributed by atoms with Crippen LogP contribution in [0.1, 0.15) is 23.0 Å². The van der Waals surface area contributed by atoms with Crippen LogP contribution < -0.4 is 0 Å². The third kappa shape index (κ3) is 2.56. The number of carbonyl (C=O) groups is 1. The van der Waals surface area contributed by atoms with Crippen LogP contribution in [-0.4, -0.2) is 21.0 Å². The van der Waals surface area contributed by atoms with E-state index in [4.69, 9.17) is 5.11 Å². The molecule has 0 unspecified atom stereocenters. The van der Waals surface area contributed by atoms with Gasteiger partial charge in [-0.3, -0.25) is 0 Å². The van der Waals surface area contributed by atoms with Crippen molar-refractivity contribution in [3.05, 3.63) is 46.2 Å². The van der Waals surface area contributed by atoms with Gasteiger partial charge in [-0.1, -0.05) is 31.2 Å². The van der Waals surface area contributed by atoms with Gasteiger partial charge in [0.15, 0.2) is 11.5 Å². The molecule has 0 radical (unpaired) electrons. The van der Waals surface area contributed by atoms with E-state index in [9.17, 15) is 4.79 Å². The highest BCUT2D eigenvalue weighted by Gasteiger charge is 2.12. The smallest absolute Gasteiger partial charge is 0.355 e. The van der Waals surface area contributed by atoms with E-state index >= 15 is 0 Å². The molecular weight excluding hydrogens is 296 g/mol. The van der Waals surface area contributed by atoms with E-state index in [1.54, 1.807) is 0 Å². The Labute approximate surface area is 113 Å². The second kappa shape index (κ2) is 5.27. The zero-order valence-electron chi connectivity index (χ0n) is 9.72. The van der Waals surface area contributed by atoms with Crippen molar-refractivity contribution in [2.75, 3.05) is 0 Å². The number of carboxylic acids is 1. The lowest BCUT2D eigenvalue weighted by molar-refractivity contribution is 0.0689. The van der Waals surface area contributed by atoms with E-state index < -0.39 is 5.97 Å². The fourth-order valence-corrected chi connectivity index (χ4v) is 1.91. The molecule has 1 heterocycles. The molecule has 0 atom stereocenters. The maximum absolute atomic E-state index is 11.0. The van der Waals surface area contributed by atoms with Gasteiger partial charge in [-0.05, 0) is 27.9 Å². The Bertz CT molecular complexity index is 582. The molecule has 1 aromatic heterocycles. The Hall–Kier alpha value is -1.75. The summed E-state index contributed by atoms with van der Waals surface area (Å²) in [6, 6.07) is 7.77. The first-order valence-electron chi connectivity index (χ1n) is 5.47. The maximum Gasteiger partial charge on any atom is 0.355 e. The summed E-state index contributed by atoms with van der Waals surface area (Å²) in [5.41, 5.74) is 2.00. The second-order valence-corrected chi connectivity index (χ2v) is 4.60. The molecule has 0 aliphatic rings. The Balaban J connectivity index is 2.44. The summed E-state index contributed by atoms with van der Waals surface area (Å²) in [5.74, 6) is -0.658. The zero-order chi connectivity index (χ0) is 13.1. The van der Waals surface area contributed by atoms with Crippen LogP contribution in [0.4, 0.5) is 0 Å². The van der Waals surface area contributed by atoms with Gasteiger partial charge in [0, 0.05) is 11.8 Å². The first-order chi connectivity index (χ1) is 8.61. The van der Waals surface area contributed by atoms with Gasteiger partial charge in [0.25, 0.3) is 0 Å². The summed E-state index contributed by atoms with van der Waals surface area (Å²) in [5, 5.41) is 9.00. The fourth-order valence-electron chi connectivity index (χ4n) is 1.55. The minimum absolute atomic E-state index is 0.0282. The number of halogens is 1. The number of rotatable bonds is 3. The van der Waals surface area contributed by atoms with Crippen LogP contribution in [0.15, 0.2) is 34.9 Å². The van der Waals surface area contributed by atoms with Crippen molar-refractivity contribution in [1.82, 2.24) is 9.97 Å². The second-order valence-electron chi connectivity index (χ2n) is 3.75. The van der Waals surface area contributed by atoms with E-state index in [-0.39, 0.29) is 5.69 Å². The lowest BCUT2D eigenvalue weighted by atomic mass is 10.1. The molecule has 92 valence electrons. The Morgan fingerprint density at radius 2 is 2.00 bits per heavy atom. The molecule has 18 heavy (non-hydrogen) atoms.